The molecule has 0 unspecified atom stereocenters. The summed E-state index contributed by atoms with van der Waals surface area (Å²) in [6.07, 6.45) is 0.871. The first-order valence-electron chi connectivity index (χ1n) is 6.41. The van der Waals surface area contributed by atoms with E-state index >= 15 is 0 Å². The molecule has 0 saturated carbocycles. The van der Waals surface area contributed by atoms with Crippen LogP contribution in [-0.2, 0) is 13.5 Å². The zero-order valence-corrected chi connectivity index (χ0v) is 11.2. The van der Waals surface area contributed by atoms with Gasteiger partial charge < -0.3 is 15.2 Å². The third-order valence-electron chi connectivity index (χ3n) is 3.86. The summed E-state index contributed by atoms with van der Waals surface area (Å²) < 4.78 is 1.92. The van der Waals surface area contributed by atoms with Gasteiger partial charge in [-0.15, -0.1) is 0 Å². The van der Waals surface area contributed by atoms with Crippen molar-refractivity contribution in [1.82, 2.24) is 4.57 Å². The van der Waals surface area contributed by atoms with E-state index < -0.39 is 0 Å². The Bertz CT molecular complexity index is 657. The maximum Gasteiger partial charge on any atom is 0.274 e. The maximum atomic E-state index is 12.6. The first-order valence-corrected chi connectivity index (χ1v) is 6.41. The van der Waals surface area contributed by atoms with E-state index in [4.69, 9.17) is 5.73 Å². The highest BCUT2D eigenvalue weighted by Crippen LogP contribution is 2.34. The fourth-order valence-corrected chi connectivity index (χ4v) is 2.66. The van der Waals surface area contributed by atoms with E-state index in [0.29, 0.717) is 17.9 Å². The second-order valence-corrected chi connectivity index (χ2v) is 4.98. The van der Waals surface area contributed by atoms with Gasteiger partial charge in [-0.2, -0.15) is 0 Å². The van der Waals surface area contributed by atoms with Gasteiger partial charge in [0.25, 0.3) is 5.91 Å². The zero-order chi connectivity index (χ0) is 13.6. The topological polar surface area (TPSA) is 51.3 Å². The van der Waals surface area contributed by atoms with E-state index in [0.717, 1.165) is 23.4 Å². The first-order chi connectivity index (χ1) is 9.09. The van der Waals surface area contributed by atoms with E-state index in [1.807, 2.05) is 48.9 Å². The molecule has 4 nitrogen and oxygen atoms in total. The molecule has 0 radical (unpaired) electrons. The van der Waals surface area contributed by atoms with Crippen LogP contribution in [0.1, 0.15) is 21.7 Å². The van der Waals surface area contributed by atoms with Crippen LogP contribution in [0.5, 0.6) is 0 Å². The van der Waals surface area contributed by atoms with Gasteiger partial charge in [0.1, 0.15) is 5.69 Å². The van der Waals surface area contributed by atoms with E-state index in [1.165, 1.54) is 0 Å². The predicted molar refractivity (Wildman–Crippen MR) is 76.4 cm³/mol. The molecule has 1 aromatic carbocycles. The average Bonchev–Trinajstić information content (AvgIpc) is 2.95. The summed E-state index contributed by atoms with van der Waals surface area (Å²) in [6, 6.07) is 9.65. The lowest BCUT2D eigenvalue weighted by Gasteiger charge is -2.19. The highest BCUT2D eigenvalue weighted by molar-refractivity contribution is 6.08. The number of carbonyl (C=O) groups is 1. The van der Waals surface area contributed by atoms with Gasteiger partial charge in [0.05, 0.1) is 11.4 Å². The second kappa shape index (κ2) is 4.16. The minimum Gasteiger partial charge on any atom is -0.397 e. The van der Waals surface area contributed by atoms with Crippen molar-refractivity contribution in [2.75, 3.05) is 17.2 Å². The molecule has 0 aliphatic carbocycles. The number of carbonyl (C=O) groups excluding carboxylic acids is 1. The van der Waals surface area contributed by atoms with Crippen LogP contribution in [0.2, 0.25) is 0 Å². The lowest BCUT2D eigenvalue weighted by Crippen LogP contribution is -2.31. The molecule has 1 aliphatic heterocycles. The number of fused-ring (bicyclic) bond motifs is 1. The van der Waals surface area contributed by atoms with Crippen LogP contribution in [0.4, 0.5) is 11.4 Å². The number of nitrogens with two attached hydrogens (primary N) is 1. The molecule has 98 valence electrons. The molecule has 1 aromatic heterocycles. The summed E-state index contributed by atoms with van der Waals surface area (Å²) in [6.45, 7) is 2.69. The number of hydrogen-bond donors (Lipinski definition) is 1. The molecule has 3 rings (SSSR count). The van der Waals surface area contributed by atoms with Crippen molar-refractivity contribution in [3.05, 3.63) is 47.3 Å². The molecule has 4 heteroatoms. The van der Waals surface area contributed by atoms with Crippen LogP contribution < -0.4 is 10.6 Å². The first kappa shape index (κ1) is 11.8. The van der Waals surface area contributed by atoms with Crippen molar-refractivity contribution in [3.8, 4) is 0 Å². The Balaban J connectivity index is 2.03. The van der Waals surface area contributed by atoms with Crippen LogP contribution >= 0.6 is 0 Å². The average molecular weight is 255 g/mol. The second-order valence-electron chi connectivity index (χ2n) is 4.98. The molecule has 0 saturated heterocycles. The summed E-state index contributed by atoms with van der Waals surface area (Å²) in [4.78, 5) is 14.4. The van der Waals surface area contributed by atoms with E-state index in [-0.39, 0.29) is 5.91 Å². The third-order valence-corrected chi connectivity index (χ3v) is 3.86. The molecular weight excluding hydrogens is 238 g/mol. The number of nitrogens with zero attached hydrogens (tertiary/aromatic N) is 2. The third kappa shape index (κ3) is 1.71. The molecule has 2 N–H and O–H groups in total. The van der Waals surface area contributed by atoms with Gasteiger partial charge in [-0.25, -0.2) is 0 Å². The normalized spacial score (nSPS) is 13.7. The summed E-state index contributed by atoms with van der Waals surface area (Å²) in [5.41, 5.74) is 10.5. The Morgan fingerprint density at radius 3 is 2.74 bits per heavy atom. The Kier molecular flexibility index (Phi) is 2.59. The standard InChI is InChI=1S/C15H17N3O/c1-10-6-7-13(17(10)2)15(19)18-9-8-11-4-3-5-12(16)14(11)18/h3-7H,8-9,16H2,1-2H3. The number of rotatable bonds is 1. The molecular formula is C15H17N3O. The van der Waals surface area contributed by atoms with Crippen LogP contribution in [-0.4, -0.2) is 17.0 Å². The van der Waals surface area contributed by atoms with E-state index in [9.17, 15) is 4.79 Å². The van der Waals surface area contributed by atoms with Gasteiger partial charge in [0.2, 0.25) is 0 Å². The Morgan fingerprint density at radius 1 is 1.26 bits per heavy atom. The maximum absolute atomic E-state index is 12.6. The number of nitrogen functional groups attached to an aromatic ring is 1. The molecule has 1 aliphatic rings. The van der Waals surface area contributed by atoms with E-state index in [2.05, 4.69) is 0 Å². The quantitative estimate of drug-likeness (QED) is 0.793. The van der Waals surface area contributed by atoms with Gasteiger partial charge >= 0.3 is 0 Å². The number of amides is 1. The Hall–Kier alpha value is -2.23. The van der Waals surface area contributed by atoms with Crippen LogP contribution in [0.3, 0.4) is 0 Å². The van der Waals surface area contributed by atoms with Crippen molar-refractivity contribution in [2.24, 2.45) is 7.05 Å². The van der Waals surface area contributed by atoms with Gasteiger partial charge in [-0.1, -0.05) is 12.1 Å². The highest BCUT2D eigenvalue weighted by atomic mass is 16.2. The molecule has 19 heavy (non-hydrogen) atoms. The molecule has 0 bridgehead atoms. The molecule has 1 amide bonds. The van der Waals surface area contributed by atoms with E-state index in [1.54, 1.807) is 4.90 Å². The molecule has 0 spiro atoms. The number of hydrogen-bond acceptors (Lipinski definition) is 2. The monoisotopic (exact) mass is 255 g/mol. The summed E-state index contributed by atoms with van der Waals surface area (Å²) in [5, 5.41) is 0. The van der Waals surface area contributed by atoms with Crippen molar-refractivity contribution in [1.29, 1.82) is 0 Å². The van der Waals surface area contributed by atoms with Gasteiger partial charge in [-0.3, -0.25) is 4.79 Å². The van der Waals surface area contributed by atoms with Gasteiger partial charge in [0.15, 0.2) is 0 Å². The summed E-state index contributed by atoms with van der Waals surface area (Å²) in [5.74, 6) is 0.0206. The molecule has 0 fully saturated rings. The van der Waals surface area contributed by atoms with Gasteiger partial charge in [-0.05, 0) is 37.1 Å². The largest absolute Gasteiger partial charge is 0.397 e. The number of benzene rings is 1. The number of anilines is 2. The summed E-state index contributed by atoms with van der Waals surface area (Å²) >= 11 is 0. The minimum atomic E-state index is 0.0206. The number of aromatic nitrogens is 1. The van der Waals surface area contributed by atoms with Crippen LogP contribution in [0.25, 0.3) is 0 Å². The molecule has 2 aromatic rings. The number of para-hydroxylation sites is 1. The Labute approximate surface area is 112 Å². The Morgan fingerprint density at radius 2 is 2.05 bits per heavy atom. The smallest absolute Gasteiger partial charge is 0.274 e. The fraction of sp³-hybridized carbons (Fsp3) is 0.267. The zero-order valence-electron chi connectivity index (χ0n) is 11.2. The number of aryl methyl sites for hydroxylation is 1. The van der Waals surface area contributed by atoms with Crippen molar-refractivity contribution in [2.45, 2.75) is 13.3 Å². The van der Waals surface area contributed by atoms with Crippen LogP contribution in [0, 0.1) is 6.92 Å². The highest BCUT2D eigenvalue weighted by Gasteiger charge is 2.28. The SMILES string of the molecule is Cc1ccc(C(=O)N2CCc3cccc(N)c32)n1C. The molecule has 0 atom stereocenters. The molecule has 2 heterocycles. The van der Waals surface area contributed by atoms with Crippen molar-refractivity contribution in [3.63, 3.8) is 0 Å². The van der Waals surface area contributed by atoms with Crippen molar-refractivity contribution < 1.29 is 4.79 Å². The van der Waals surface area contributed by atoms with Crippen molar-refractivity contribution >= 4 is 17.3 Å². The minimum absolute atomic E-state index is 0.0206. The van der Waals surface area contributed by atoms with Crippen LogP contribution in [0.15, 0.2) is 30.3 Å². The van der Waals surface area contributed by atoms with Gasteiger partial charge in [0, 0.05) is 19.3 Å². The predicted octanol–water partition coefficient (Wildman–Crippen LogP) is 2.12. The summed E-state index contributed by atoms with van der Waals surface area (Å²) in [7, 11) is 1.91. The lowest BCUT2D eigenvalue weighted by atomic mass is 10.1. The fourth-order valence-electron chi connectivity index (χ4n) is 2.66. The lowest BCUT2D eigenvalue weighted by molar-refractivity contribution is 0.0981.